The van der Waals surface area contributed by atoms with Crippen LogP contribution in [0.1, 0.15) is 30.4 Å². The summed E-state index contributed by atoms with van der Waals surface area (Å²) in [5.41, 5.74) is 3.59. The molecule has 2 fully saturated rings. The van der Waals surface area contributed by atoms with E-state index in [0.29, 0.717) is 12.5 Å². The van der Waals surface area contributed by atoms with Crippen molar-refractivity contribution in [2.45, 2.75) is 44.8 Å². The standard InChI is InChI=1S/C19H24N4O/c1-14-3-5-15(6-4-14)12-22-10-9-18-17(22)7-8-19(24)23(18)16-11-20-21(2)13-16/h3-6,11,13,17-18H,7-10,12H2,1-2H3/t17-,18-/m1/s1. The Morgan fingerprint density at radius 1 is 1.17 bits per heavy atom. The van der Waals surface area contributed by atoms with Crippen LogP contribution in [0.25, 0.3) is 0 Å². The Balaban J connectivity index is 1.54. The lowest BCUT2D eigenvalue weighted by Gasteiger charge is -2.39. The van der Waals surface area contributed by atoms with Crippen LogP contribution in [0.2, 0.25) is 0 Å². The van der Waals surface area contributed by atoms with Crippen LogP contribution in [0.15, 0.2) is 36.7 Å². The smallest absolute Gasteiger partial charge is 0.227 e. The van der Waals surface area contributed by atoms with Crippen LogP contribution in [0.5, 0.6) is 0 Å². The molecular formula is C19H24N4O. The summed E-state index contributed by atoms with van der Waals surface area (Å²) in [6, 6.07) is 9.51. The number of carbonyl (C=O) groups excluding carboxylic acids is 1. The fraction of sp³-hybridized carbons (Fsp3) is 0.474. The average Bonchev–Trinajstić information content (AvgIpc) is 3.16. The zero-order chi connectivity index (χ0) is 16.7. The summed E-state index contributed by atoms with van der Waals surface area (Å²) in [6.07, 6.45) is 6.38. The Morgan fingerprint density at radius 3 is 2.67 bits per heavy atom. The van der Waals surface area contributed by atoms with Crippen molar-refractivity contribution in [3.8, 4) is 0 Å². The number of hydrogen-bond donors (Lipinski definition) is 0. The molecule has 1 aromatic carbocycles. The number of amides is 1. The van der Waals surface area contributed by atoms with E-state index >= 15 is 0 Å². The summed E-state index contributed by atoms with van der Waals surface area (Å²) >= 11 is 0. The van der Waals surface area contributed by atoms with Gasteiger partial charge >= 0.3 is 0 Å². The third-order valence-electron chi connectivity index (χ3n) is 5.36. The first-order valence-corrected chi connectivity index (χ1v) is 8.72. The van der Waals surface area contributed by atoms with E-state index in [0.717, 1.165) is 31.6 Å². The average molecular weight is 324 g/mol. The van der Waals surface area contributed by atoms with Crippen molar-refractivity contribution in [2.75, 3.05) is 11.4 Å². The number of nitrogens with zero attached hydrogens (tertiary/aromatic N) is 4. The van der Waals surface area contributed by atoms with Crippen LogP contribution in [0.3, 0.4) is 0 Å². The molecule has 1 aromatic heterocycles. The number of carbonyl (C=O) groups is 1. The van der Waals surface area contributed by atoms with E-state index in [4.69, 9.17) is 0 Å². The van der Waals surface area contributed by atoms with E-state index in [1.165, 1.54) is 11.1 Å². The van der Waals surface area contributed by atoms with Gasteiger partial charge in [0.25, 0.3) is 0 Å². The third kappa shape index (κ3) is 2.73. The minimum absolute atomic E-state index is 0.237. The molecule has 2 aromatic rings. The number of benzene rings is 1. The molecule has 1 amide bonds. The Kier molecular flexibility index (Phi) is 3.88. The van der Waals surface area contributed by atoms with Crippen LogP contribution in [0, 0.1) is 6.92 Å². The van der Waals surface area contributed by atoms with Gasteiger partial charge in [0.05, 0.1) is 17.9 Å². The van der Waals surface area contributed by atoms with E-state index < -0.39 is 0 Å². The quantitative estimate of drug-likeness (QED) is 0.871. The number of rotatable bonds is 3. The first-order valence-electron chi connectivity index (χ1n) is 8.72. The maximum absolute atomic E-state index is 12.5. The predicted molar refractivity (Wildman–Crippen MR) is 93.7 cm³/mol. The molecule has 2 saturated heterocycles. The highest BCUT2D eigenvalue weighted by Gasteiger charge is 2.43. The zero-order valence-electron chi connectivity index (χ0n) is 14.4. The lowest BCUT2D eigenvalue weighted by Crippen LogP contribution is -2.52. The number of fused-ring (bicyclic) bond motifs is 1. The van der Waals surface area contributed by atoms with Gasteiger partial charge in [-0.1, -0.05) is 29.8 Å². The second kappa shape index (κ2) is 6.06. The molecule has 4 rings (SSSR count). The number of aryl methyl sites for hydroxylation is 2. The molecule has 5 heteroatoms. The van der Waals surface area contributed by atoms with Gasteiger partial charge in [0.1, 0.15) is 0 Å². The summed E-state index contributed by atoms with van der Waals surface area (Å²) in [5, 5.41) is 4.24. The molecule has 0 radical (unpaired) electrons. The molecule has 126 valence electrons. The van der Waals surface area contributed by atoms with E-state index in [-0.39, 0.29) is 11.9 Å². The first kappa shape index (κ1) is 15.4. The maximum atomic E-state index is 12.5. The van der Waals surface area contributed by atoms with E-state index in [1.54, 1.807) is 4.68 Å². The summed E-state index contributed by atoms with van der Waals surface area (Å²) in [5.74, 6) is 0.237. The molecule has 0 saturated carbocycles. The molecule has 2 atom stereocenters. The molecule has 3 heterocycles. The van der Waals surface area contributed by atoms with Crippen LogP contribution >= 0.6 is 0 Å². The van der Waals surface area contributed by atoms with Crippen LogP contribution in [0.4, 0.5) is 5.69 Å². The number of anilines is 1. The highest BCUT2D eigenvalue weighted by atomic mass is 16.2. The number of piperidine rings is 1. The number of aromatic nitrogens is 2. The van der Waals surface area contributed by atoms with Gasteiger partial charge in [-0.05, 0) is 25.3 Å². The molecule has 0 bridgehead atoms. The summed E-state index contributed by atoms with van der Waals surface area (Å²) < 4.78 is 1.77. The largest absolute Gasteiger partial charge is 0.305 e. The van der Waals surface area contributed by atoms with Gasteiger partial charge in [0, 0.05) is 38.8 Å². The topological polar surface area (TPSA) is 41.4 Å². The first-order chi connectivity index (χ1) is 11.6. The van der Waals surface area contributed by atoms with E-state index in [9.17, 15) is 4.79 Å². The van der Waals surface area contributed by atoms with Crippen molar-refractivity contribution in [1.29, 1.82) is 0 Å². The Morgan fingerprint density at radius 2 is 1.96 bits per heavy atom. The summed E-state index contributed by atoms with van der Waals surface area (Å²) in [4.78, 5) is 17.1. The fourth-order valence-electron chi connectivity index (χ4n) is 4.15. The lowest BCUT2D eigenvalue weighted by atomic mass is 9.95. The Bertz CT molecular complexity index is 736. The van der Waals surface area contributed by atoms with Crippen molar-refractivity contribution in [3.63, 3.8) is 0 Å². The van der Waals surface area contributed by atoms with Gasteiger partial charge < -0.3 is 4.90 Å². The lowest BCUT2D eigenvalue weighted by molar-refractivity contribution is -0.120. The van der Waals surface area contributed by atoms with Crippen LogP contribution in [-0.4, -0.2) is 39.2 Å². The molecule has 5 nitrogen and oxygen atoms in total. The molecule has 0 aliphatic carbocycles. The van der Waals surface area contributed by atoms with Gasteiger partial charge in [-0.15, -0.1) is 0 Å². The van der Waals surface area contributed by atoms with Gasteiger partial charge in [-0.25, -0.2) is 0 Å². The van der Waals surface area contributed by atoms with Gasteiger partial charge in [-0.3, -0.25) is 14.4 Å². The fourth-order valence-corrected chi connectivity index (χ4v) is 4.15. The third-order valence-corrected chi connectivity index (χ3v) is 5.36. The van der Waals surface area contributed by atoms with Crippen molar-refractivity contribution in [2.24, 2.45) is 7.05 Å². The summed E-state index contributed by atoms with van der Waals surface area (Å²) in [6.45, 7) is 4.14. The zero-order valence-corrected chi connectivity index (χ0v) is 14.4. The molecule has 2 aliphatic heterocycles. The minimum Gasteiger partial charge on any atom is -0.305 e. The molecule has 0 unspecified atom stereocenters. The highest BCUT2D eigenvalue weighted by molar-refractivity contribution is 5.94. The van der Waals surface area contributed by atoms with Crippen molar-refractivity contribution >= 4 is 11.6 Å². The van der Waals surface area contributed by atoms with Gasteiger partial charge in [-0.2, -0.15) is 5.10 Å². The Hall–Kier alpha value is -2.14. The second-order valence-electron chi connectivity index (χ2n) is 7.05. The maximum Gasteiger partial charge on any atom is 0.227 e. The molecular weight excluding hydrogens is 300 g/mol. The number of hydrogen-bond acceptors (Lipinski definition) is 3. The van der Waals surface area contributed by atoms with Crippen molar-refractivity contribution < 1.29 is 4.79 Å². The van der Waals surface area contributed by atoms with E-state index in [1.807, 2.05) is 24.3 Å². The van der Waals surface area contributed by atoms with E-state index in [2.05, 4.69) is 41.2 Å². The highest BCUT2D eigenvalue weighted by Crippen LogP contribution is 2.35. The molecule has 0 spiro atoms. The number of likely N-dealkylation sites (tertiary alicyclic amines) is 1. The minimum atomic E-state index is 0.237. The van der Waals surface area contributed by atoms with Gasteiger partial charge in [0.15, 0.2) is 0 Å². The molecule has 2 aliphatic rings. The SMILES string of the molecule is Cc1ccc(CN2CC[C@@H]3[C@H]2CCC(=O)N3c2cnn(C)c2)cc1. The normalized spacial score (nSPS) is 24.4. The van der Waals surface area contributed by atoms with Crippen LogP contribution < -0.4 is 4.90 Å². The molecule has 24 heavy (non-hydrogen) atoms. The Labute approximate surface area is 142 Å². The van der Waals surface area contributed by atoms with Crippen molar-refractivity contribution in [1.82, 2.24) is 14.7 Å². The van der Waals surface area contributed by atoms with Gasteiger partial charge in [0.2, 0.25) is 5.91 Å². The van der Waals surface area contributed by atoms with Crippen LogP contribution in [-0.2, 0) is 18.4 Å². The molecule has 0 N–H and O–H groups in total. The second-order valence-corrected chi connectivity index (χ2v) is 7.05. The predicted octanol–water partition coefficient (Wildman–Crippen LogP) is 2.50. The monoisotopic (exact) mass is 324 g/mol. The summed E-state index contributed by atoms with van der Waals surface area (Å²) in [7, 11) is 1.90. The van der Waals surface area contributed by atoms with Crippen molar-refractivity contribution in [3.05, 3.63) is 47.8 Å².